The van der Waals surface area contributed by atoms with Crippen molar-refractivity contribution in [3.63, 3.8) is 0 Å². The zero-order chi connectivity index (χ0) is 18.1. The summed E-state index contributed by atoms with van der Waals surface area (Å²) in [6.07, 6.45) is 0. The molecule has 2 heteroatoms. The van der Waals surface area contributed by atoms with Gasteiger partial charge in [0, 0.05) is 5.56 Å². The Kier molecular flexibility index (Phi) is 5.17. The van der Waals surface area contributed by atoms with Crippen LogP contribution in [0.2, 0.25) is 0 Å². The molecule has 0 unspecified atom stereocenters. The molecule has 0 radical (unpaired) electrons. The van der Waals surface area contributed by atoms with Gasteiger partial charge in [-0.1, -0.05) is 45.0 Å². The Morgan fingerprint density at radius 2 is 1.46 bits per heavy atom. The molecule has 0 saturated carbocycles. The van der Waals surface area contributed by atoms with Crippen LogP contribution in [0.5, 0.6) is 0 Å². The summed E-state index contributed by atoms with van der Waals surface area (Å²) in [5.41, 5.74) is 6.97. The van der Waals surface area contributed by atoms with Gasteiger partial charge in [0.15, 0.2) is 0 Å². The molecule has 0 fully saturated rings. The van der Waals surface area contributed by atoms with Crippen LogP contribution in [0.25, 0.3) is 0 Å². The van der Waals surface area contributed by atoms with Gasteiger partial charge >= 0.3 is 0 Å². The Balaban J connectivity index is 2.16. The Morgan fingerprint density at radius 3 is 2.00 bits per heavy atom. The van der Waals surface area contributed by atoms with Crippen LogP contribution in [-0.4, -0.2) is 5.91 Å². The quantitative estimate of drug-likeness (QED) is 0.805. The zero-order valence-electron chi connectivity index (χ0n) is 15.9. The molecule has 0 aromatic heterocycles. The number of rotatable bonds is 3. The van der Waals surface area contributed by atoms with Gasteiger partial charge in [-0.05, 0) is 73.1 Å². The van der Waals surface area contributed by atoms with Crippen molar-refractivity contribution in [3.8, 4) is 0 Å². The van der Waals surface area contributed by atoms with E-state index in [1.165, 1.54) is 27.8 Å². The van der Waals surface area contributed by atoms with Crippen molar-refractivity contribution in [1.29, 1.82) is 0 Å². The number of hydrogen-bond acceptors (Lipinski definition) is 1. The first-order valence-corrected chi connectivity index (χ1v) is 8.58. The number of hydrogen-bond donors (Lipinski definition) is 1. The van der Waals surface area contributed by atoms with E-state index in [1.54, 1.807) is 0 Å². The summed E-state index contributed by atoms with van der Waals surface area (Å²) in [5, 5.41) is 3.12. The molecule has 0 aliphatic rings. The second-order valence-electron chi connectivity index (χ2n) is 7.82. The third-order valence-electron chi connectivity index (χ3n) is 4.71. The van der Waals surface area contributed by atoms with Crippen LogP contribution in [-0.2, 0) is 5.41 Å². The maximum Gasteiger partial charge on any atom is 0.251 e. The smallest absolute Gasteiger partial charge is 0.251 e. The summed E-state index contributed by atoms with van der Waals surface area (Å²) in [6, 6.07) is 12.3. The van der Waals surface area contributed by atoms with Gasteiger partial charge < -0.3 is 5.32 Å². The van der Waals surface area contributed by atoms with Crippen LogP contribution in [0.15, 0.2) is 36.4 Å². The van der Waals surface area contributed by atoms with Crippen LogP contribution in [0, 0.1) is 20.8 Å². The van der Waals surface area contributed by atoms with Crippen molar-refractivity contribution in [3.05, 3.63) is 69.8 Å². The zero-order valence-corrected chi connectivity index (χ0v) is 15.9. The van der Waals surface area contributed by atoms with Gasteiger partial charge in [-0.15, -0.1) is 0 Å². The second-order valence-corrected chi connectivity index (χ2v) is 7.82. The van der Waals surface area contributed by atoms with E-state index >= 15 is 0 Å². The molecule has 1 N–H and O–H groups in total. The first-order chi connectivity index (χ1) is 11.1. The standard InChI is InChI=1S/C22H29NO/c1-14-12-16(3)20(13-15(14)2)17(4)23-21(24)18-8-10-19(11-9-18)22(5,6)7/h8-13,17H,1-7H3,(H,23,24)/t17-/m1/s1. The molecule has 2 aromatic carbocycles. The lowest BCUT2D eigenvalue weighted by atomic mass is 9.86. The molecule has 1 atom stereocenters. The molecule has 0 spiro atoms. The third-order valence-corrected chi connectivity index (χ3v) is 4.71. The fourth-order valence-corrected chi connectivity index (χ4v) is 2.93. The molecule has 24 heavy (non-hydrogen) atoms. The van der Waals surface area contributed by atoms with Gasteiger partial charge in [0.2, 0.25) is 0 Å². The van der Waals surface area contributed by atoms with Crippen LogP contribution >= 0.6 is 0 Å². The summed E-state index contributed by atoms with van der Waals surface area (Å²) in [7, 11) is 0. The van der Waals surface area contributed by atoms with Crippen LogP contribution < -0.4 is 5.32 Å². The fourth-order valence-electron chi connectivity index (χ4n) is 2.93. The molecule has 0 saturated heterocycles. The Hall–Kier alpha value is -2.09. The number of nitrogens with one attached hydrogen (secondary N) is 1. The number of aryl methyl sites for hydroxylation is 3. The minimum Gasteiger partial charge on any atom is -0.346 e. The average Bonchev–Trinajstić information content (AvgIpc) is 2.50. The van der Waals surface area contributed by atoms with E-state index in [2.05, 4.69) is 59.0 Å². The lowest BCUT2D eigenvalue weighted by molar-refractivity contribution is 0.0939. The predicted octanol–water partition coefficient (Wildman–Crippen LogP) is 5.40. The fraction of sp³-hybridized carbons (Fsp3) is 0.409. The minimum absolute atomic E-state index is 0.0147. The predicted molar refractivity (Wildman–Crippen MR) is 102 cm³/mol. The van der Waals surface area contributed by atoms with Crippen LogP contribution in [0.1, 0.15) is 71.9 Å². The van der Waals surface area contributed by atoms with Crippen molar-refractivity contribution in [2.45, 2.75) is 59.9 Å². The van der Waals surface area contributed by atoms with E-state index < -0.39 is 0 Å². The molecule has 0 heterocycles. The normalized spacial score (nSPS) is 12.8. The summed E-state index contributed by atoms with van der Waals surface area (Å²) >= 11 is 0. The van der Waals surface area contributed by atoms with Crippen molar-refractivity contribution in [2.24, 2.45) is 0 Å². The molecule has 128 valence electrons. The highest BCUT2D eigenvalue weighted by Crippen LogP contribution is 2.24. The van der Waals surface area contributed by atoms with E-state index in [-0.39, 0.29) is 17.4 Å². The highest BCUT2D eigenvalue weighted by Gasteiger charge is 2.16. The van der Waals surface area contributed by atoms with Crippen LogP contribution in [0.4, 0.5) is 0 Å². The van der Waals surface area contributed by atoms with Crippen molar-refractivity contribution in [2.75, 3.05) is 0 Å². The van der Waals surface area contributed by atoms with E-state index in [4.69, 9.17) is 0 Å². The largest absolute Gasteiger partial charge is 0.346 e. The number of carbonyl (C=O) groups is 1. The molecule has 2 nitrogen and oxygen atoms in total. The maximum atomic E-state index is 12.5. The molecular formula is C22H29NO. The van der Waals surface area contributed by atoms with E-state index in [0.29, 0.717) is 5.56 Å². The molecule has 0 aliphatic heterocycles. The van der Waals surface area contributed by atoms with Gasteiger partial charge in [-0.25, -0.2) is 0 Å². The Morgan fingerprint density at radius 1 is 0.917 bits per heavy atom. The first-order valence-electron chi connectivity index (χ1n) is 8.58. The topological polar surface area (TPSA) is 29.1 Å². The molecule has 0 bridgehead atoms. The van der Waals surface area contributed by atoms with Crippen molar-refractivity contribution >= 4 is 5.91 Å². The van der Waals surface area contributed by atoms with Gasteiger partial charge in [0.1, 0.15) is 0 Å². The van der Waals surface area contributed by atoms with Gasteiger partial charge in [-0.3, -0.25) is 4.79 Å². The molecule has 1 amide bonds. The third kappa shape index (κ3) is 4.05. The summed E-state index contributed by atoms with van der Waals surface area (Å²) < 4.78 is 0. The summed E-state index contributed by atoms with van der Waals surface area (Å²) in [4.78, 5) is 12.5. The lowest BCUT2D eigenvalue weighted by Gasteiger charge is -2.20. The highest BCUT2D eigenvalue weighted by atomic mass is 16.1. The average molecular weight is 323 g/mol. The highest BCUT2D eigenvalue weighted by molar-refractivity contribution is 5.94. The molecule has 2 aromatic rings. The Labute approximate surface area is 146 Å². The maximum absolute atomic E-state index is 12.5. The monoisotopic (exact) mass is 323 g/mol. The first kappa shape index (κ1) is 18.3. The minimum atomic E-state index is -0.0272. The Bertz CT molecular complexity index is 736. The van der Waals surface area contributed by atoms with E-state index in [0.717, 1.165) is 0 Å². The molecule has 2 rings (SSSR count). The van der Waals surface area contributed by atoms with Crippen molar-refractivity contribution in [1.82, 2.24) is 5.32 Å². The number of carbonyl (C=O) groups excluding carboxylic acids is 1. The second kappa shape index (κ2) is 6.80. The summed E-state index contributed by atoms with van der Waals surface area (Å²) in [6.45, 7) is 14.9. The van der Waals surface area contributed by atoms with E-state index in [9.17, 15) is 4.79 Å². The molecule has 0 aliphatic carbocycles. The lowest BCUT2D eigenvalue weighted by Crippen LogP contribution is -2.27. The summed E-state index contributed by atoms with van der Waals surface area (Å²) in [5.74, 6) is -0.0272. The number of benzene rings is 2. The van der Waals surface area contributed by atoms with Crippen LogP contribution in [0.3, 0.4) is 0 Å². The van der Waals surface area contributed by atoms with E-state index in [1.807, 2.05) is 31.2 Å². The van der Waals surface area contributed by atoms with Gasteiger partial charge in [0.05, 0.1) is 6.04 Å². The SMILES string of the molecule is Cc1cc(C)c([C@@H](C)NC(=O)c2ccc(C(C)(C)C)cc2)cc1C. The van der Waals surface area contributed by atoms with Crippen molar-refractivity contribution < 1.29 is 4.79 Å². The van der Waals surface area contributed by atoms with Gasteiger partial charge in [0.25, 0.3) is 5.91 Å². The molecular weight excluding hydrogens is 294 g/mol. The van der Waals surface area contributed by atoms with Gasteiger partial charge in [-0.2, -0.15) is 0 Å². The number of amides is 1.